The van der Waals surface area contributed by atoms with Gasteiger partial charge in [0.1, 0.15) is 12.4 Å². The van der Waals surface area contributed by atoms with Gasteiger partial charge in [0.15, 0.2) is 0 Å². The van der Waals surface area contributed by atoms with Crippen LogP contribution < -0.4 is 10.1 Å². The molecule has 2 rings (SSSR count). The average molecular weight is 304 g/mol. The van der Waals surface area contributed by atoms with E-state index in [0.29, 0.717) is 18.2 Å². The van der Waals surface area contributed by atoms with Crippen LogP contribution in [0.15, 0.2) is 54.6 Å². The summed E-state index contributed by atoms with van der Waals surface area (Å²) in [4.78, 5) is 12.0. The molecule has 4 heteroatoms. The number of carbonyl (C=O) groups excluding carboxylic acids is 1. The number of hydrogen-bond acceptors (Lipinski definition) is 2. The highest BCUT2D eigenvalue weighted by Gasteiger charge is 2.14. The molecular formula is C17H18ClNO2. The molecule has 0 fully saturated rings. The molecule has 1 atom stereocenters. The zero-order chi connectivity index (χ0) is 15.1. The van der Waals surface area contributed by atoms with Gasteiger partial charge in [0.2, 0.25) is 5.91 Å². The number of halogens is 1. The first-order valence-electron chi connectivity index (χ1n) is 6.88. The smallest absolute Gasteiger partial charge is 0.227 e. The Bertz CT molecular complexity index is 569. The Morgan fingerprint density at radius 2 is 1.81 bits per heavy atom. The van der Waals surface area contributed by atoms with Crippen molar-refractivity contribution in [2.45, 2.75) is 12.8 Å². The SMILES string of the molecule is CC(C(=O)NCCOc1ccccc1)c1ccc(Cl)cc1. The second-order valence-corrected chi connectivity index (χ2v) is 5.16. The minimum absolute atomic E-state index is 0.0195. The van der Waals surface area contributed by atoms with E-state index in [4.69, 9.17) is 16.3 Å². The lowest BCUT2D eigenvalue weighted by molar-refractivity contribution is -0.122. The highest BCUT2D eigenvalue weighted by Crippen LogP contribution is 2.18. The van der Waals surface area contributed by atoms with Gasteiger partial charge in [-0.2, -0.15) is 0 Å². The van der Waals surface area contributed by atoms with E-state index in [1.807, 2.05) is 49.4 Å². The summed E-state index contributed by atoms with van der Waals surface area (Å²) in [5.74, 6) is 0.575. The standard InChI is InChI=1S/C17H18ClNO2/c1-13(14-7-9-15(18)10-8-14)17(20)19-11-12-21-16-5-3-2-4-6-16/h2-10,13H,11-12H2,1H3,(H,19,20). The average Bonchev–Trinajstić information content (AvgIpc) is 2.52. The molecule has 0 aliphatic heterocycles. The van der Waals surface area contributed by atoms with Crippen molar-refractivity contribution in [1.29, 1.82) is 0 Å². The zero-order valence-electron chi connectivity index (χ0n) is 11.9. The van der Waals surface area contributed by atoms with Crippen LogP contribution in [-0.4, -0.2) is 19.1 Å². The van der Waals surface area contributed by atoms with E-state index in [0.717, 1.165) is 11.3 Å². The van der Waals surface area contributed by atoms with Gasteiger partial charge in [0.05, 0.1) is 12.5 Å². The van der Waals surface area contributed by atoms with Gasteiger partial charge in [-0.05, 0) is 36.8 Å². The molecule has 0 saturated carbocycles. The fourth-order valence-electron chi connectivity index (χ4n) is 1.92. The summed E-state index contributed by atoms with van der Waals surface area (Å²) in [6.07, 6.45) is 0. The maximum absolute atomic E-state index is 12.0. The van der Waals surface area contributed by atoms with Gasteiger partial charge < -0.3 is 10.1 Å². The van der Waals surface area contributed by atoms with Crippen LogP contribution in [0.1, 0.15) is 18.4 Å². The van der Waals surface area contributed by atoms with Crippen molar-refractivity contribution in [2.24, 2.45) is 0 Å². The van der Waals surface area contributed by atoms with E-state index < -0.39 is 0 Å². The van der Waals surface area contributed by atoms with Crippen molar-refractivity contribution in [3.05, 3.63) is 65.2 Å². The van der Waals surface area contributed by atoms with E-state index >= 15 is 0 Å². The highest BCUT2D eigenvalue weighted by atomic mass is 35.5. The topological polar surface area (TPSA) is 38.3 Å². The molecule has 2 aromatic rings. The van der Waals surface area contributed by atoms with Crippen molar-refractivity contribution in [2.75, 3.05) is 13.2 Å². The van der Waals surface area contributed by atoms with E-state index in [2.05, 4.69) is 5.32 Å². The molecule has 1 unspecified atom stereocenters. The minimum Gasteiger partial charge on any atom is -0.492 e. The lowest BCUT2D eigenvalue weighted by atomic mass is 10.0. The number of amides is 1. The third-order valence-corrected chi connectivity index (χ3v) is 3.43. The number of ether oxygens (including phenoxy) is 1. The highest BCUT2D eigenvalue weighted by molar-refractivity contribution is 6.30. The van der Waals surface area contributed by atoms with Crippen LogP contribution >= 0.6 is 11.6 Å². The molecule has 3 nitrogen and oxygen atoms in total. The van der Waals surface area contributed by atoms with Crippen molar-refractivity contribution in [3.8, 4) is 5.75 Å². The van der Waals surface area contributed by atoms with Crippen molar-refractivity contribution >= 4 is 17.5 Å². The minimum atomic E-state index is -0.209. The first-order valence-corrected chi connectivity index (χ1v) is 7.25. The molecule has 0 spiro atoms. The predicted molar refractivity (Wildman–Crippen MR) is 84.8 cm³/mol. The molecule has 0 heterocycles. The maximum Gasteiger partial charge on any atom is 0.227 e. The number of hydrogen-bond donors (Lipinski definition) is 1. The van der Waals surface area contributed by atoms with Gasteiger partial charge in [-0.3, -0.25) is 4.79 Å². The number of nitrogens with one attached hydrogen (secondary N) is 1. The van der Waals surface area contributed by atoms with Gasteiger partial charge in [-0.25, -0.2) is 0 Å². The molecule has 0 bridgehead atoms. The van der Waals surface area contributed by atoms with Crippen LogP contribution in [-0.2, 0) is 4.79 Å². The molecule has 110 valence electrons. The quantitative estimate of drug-likeness (QED) is 0.827. The summed E-state index contributed by atoms with van der Waals surface area (Å²) in [6, 6.07) is 16.9. The Morgan fingerprint density at radius 3 is 2.48 bits per heavy atom. The van der Waals surface area contributed by atoms with Gasteiger partial charge in [-0.15, -0.1) is 0 Å². The second-order valence-electron chi connectivity index (χ2n) is 4.73. The van der Waals surface area contributed by atoms with Gasteiger partial charge in [0.25, 0.3) is 0 Å². The summed E-state index contributed by atoms with van der Waals surface area (Å²) >= 11 is 5.84. The Hall–Kier alpha value is -2.00. The first-order chi connectivity index (χ1) is 10.2. The van der Waals surface area contributed by atoms with Crippen molar-refractivity contribution in [3.63, 3.8) is 0 Å². The molecule has 1 amide bonds. The van der Waals surface area contributed by atoms with Crippen LogP contribution in [0.3, 0.4) is 0 Å². The third kappa shape index (κ3) is 4.80. The molecular weight excluding hydrogens is 286 g/mol. The van der Waals surface area contributed by atoms with E-state index in [1.165, 1.54) is 0 Å². The fourth-order valence-corrected chi connectivity index (χ4v) is 2.04. The number of para-hydroxylation sites is 1. The van der Waals surface area contributed by atoms with Crippen LogP contribution in [0.25, 0.3) is 0 Å². The van der Waals surface area contributed by atoms with Crippen molar-refractivity contribution in [1.82, 2.24) is 5.32 Å². The normalized spacial score (nSPS) is 11.7. The third-order valence-electron chi connectivity index (χ3n) is 3.18. The summed E-state index contributed by atoms with van der Waals surface area (Å²) < 4.78 is 5.53. The summed E-state index contributed by atoms with van der Waals surface area (Å²) in [5, 5.41) is 3.54. The molecule has 0 radical (unpaired) electrons. The lowest BCUT2D eigenvalue weighted by Crippen LogP contribution is -2.31. The number of rotatable bonds is 6. The van der Waals surface area contributed by atoms with Crippen LogP contribution in [0, 0.1) is 0 Å². The van der Waals surface area contributed by atoms with Gasteiger partial charge in [0, 0.05) is 5.02 Å². The number of carbonyl (C=O) groups is 1. The van der Waals surface area contributed by atoms with E-state index in [-0.39, 0.29) is 11.8 Å². The first kappa shape index (κ1) is 15.4. The summed E-state index contributed by atoms with van der Waals surface area (Å²) in [5.41, 5.74) is 0.945. The molecule has 0 aromatic heterocycles. The summed E-state index contributed by atoms with van der Waals surface area (Å²) in [6.45, 7) is 2.80. The molecule has 21 heavy (non-hydrogen) atoms. The van der Waals surface area contributed by atoms with Gasteiger partial charge in [-0.1, -0.05) is 41.9 Å². The maximum atomic E-state index is 12.0. The predicted octanol–water partition coefficient (Wildman–Crippen LogP) is 3.64. The van der Waals surface area contributed by atoms with Gasteiger partial charge >= 0.3 is 0 Å². The largest absolute Gasteiger partial charge is 0.492 e. The van der Waals surface area contributed by atoms with Crippen LogP contribution in [0.2, 0.25) is 5.02 Å². The molecule has 0 aliphatic rings. The van der Waals surface area contributed by atoms with Crippen LogP contribution in [0.4, 0.5) is 0 Å². The Balaban J connectivity index is 1.75. The summed E-state index contributed by atoms with van der Waals surface area (Å²) in [7, 11) is 0. The van der Waals surface area contributed by atoms with E-state index in [9.17, 15) is 4.79 Å². The molecule has 0 saturated heterocycles. The van der Waals surface area contributed by atoms with Crippen LogP contribution in [0.5, 0.6) is 5.75 Å². The molecule has 2 aromatic carbocycles. The van der Waals surface area contributed by atoms with E-state index in [1.54, 1.807) is 12.1 Å². The lowest BCUT2D eigenvalue weighted by Gasteiger charge is -2.13. The zero-order valence-corrected chi connectivity index (χ0v) is 12.6. The van der Waals surface area contributed by atoms with Crippen molar-refractivity contribution < 1.29 is 9.53 Å². The Kier molecular flexibility index (Phi) is 5.64. The monoisotopic (exact) mass is 303 g/mol. The fraction of sp³-hybridized carbons (Fsp3) is 0.235. The Labute approximate surface area is 129 Å². The second kappa shape index (κ2) is 7.70. The molecule has 0 aliphatic carbocycles. The Morgan fingerprint density at radius 1 is 1.14 bits per heavy atom. The molecule has 1 N–H and O–H groups in total. The number of benzene rings is 2.